The van der Waals surface area contributed by atoms with E-state index in [-0.39, 0.29) is 17.2 Å². The second-order valence-electron chi connectivity index (χ2n) is 4.78. The van der Waals surface area contributed by atoms with Gasteiger partial charge in [0, 0.05) is 18.8 Å². The molecule has 1 fully saturated rings. The number of nitrogens with zero attached hydrogens (tertiary/aromatic N) is 1. The lowest BCUT2D eigenvalue weighted by atomic mass is 9.93. The fraction of sp³-hybridized carbons (Fsp3) is 0.538. The first-order chi connectivity index (χ1) is 8.68. The smallest absolute Gasteiger partial charge is 0.255 e. The van der Waals surface area contributed by atoms with E-state index in [1.54, 1.807) is 0 Å². The summed E-state index contributed by atoms with van der Waals surface area (Å²) in [5, 5.41) is 15.8. The molecule has 5 nitrogen and oxygen atoms in total. The van der Waals surface area contributed by atoms with Gasteiger partial charge in [-0.3, -0.25) is 9.78 Å². The number of carbonyl (C=O) groups excluding carboxylic acids is 1. The largest absolute Gasteiger partial charge is 0.505 e. The summed E-state index contributed by atoms with van der Waals surface area (Å²) < 4.78 is 0. The maximum atomic E-state index is 11.9. The highest BCUT2D eigenvalue weighted by Gasteiger charge is 2.21. The van der Waals surface area contributed by atoms with Gasteiger partial charge in [-0.15, -0.1) is 0 Å². The van der Waals surface area contributed by atoms with E-state index in [1.807, 2.05) is 0 Å². The Morgan fingerprint density at radius 1 is 1.67 bits per heavy atom. The fourth-order valence-corrected chi connectivity index (χ4v) is 2.26. The first-order valence-electron chi connectivity index (χ1n) is 6.33. The number of aromatic nitrogens is 1. The van der Waals surface area contributed by atoms with Crippen LogP contribution in [0.2, 0.25) is 0 Å². The van der Waals surface area contributed by atoms with Crippen molar-refractivity contribution in [3.05, 3.63) is 24.0 Å². The Hall–Kier alpha value is -1.62. The molecule has 1 saturated heterocycles. The van der Waals surface area contributed by atoms with Gasteiger partial charge in [-0.05, 0) is 31.4 Å². The van der Waals surface area contributed by atoms with Crippen LogP contribution in [0.1, 0.15) is 30.1 Å². The third-order valence-corrected chi connectivity index (χ3v) is 3.46. The minimum absolute atomic E-state index is 0.0837. The first-order valence-corrected chi connectivity index (χ1v) is 6.33. The molecule has 18 heavy (non-hydrogen) atoms. The van der Waals surface area contributed by atoms with E-state index in [0.717, 1.165) is 6.54 Å². The van der Waals surface area contributed by atoms with Crippen LogP contribution in [0.5, 0.6) is 5.75 Å². The number of pyridine rings is 1. The minimum atomic E-state index is -0.255. The highest BCUT2D eigenvalue weighted by Crippen LogP contribution is 2.16. The molecule has 2 atom stereocenters. The summed E-state index contributed by atoms with van der Waals surface area (Å²) >= 11 is 0. The molecule has 0 aromatic carbocycles. The van der Waals surface area contributed by atoms with Crippen molar-refractivity contribution in [1.82, 2.24) is 15.6 Å². The van der Waals surface area contributed by atoms with Gasteiger partial charge in [-0.1, -0.05) is 6.92 Å². The molecule has 2 rings (SSSR count). The van der Waals surface area contributed by atoms with Crippen LogP contribution in [-0.2, 0) is 0 Å². The molecule has 2 unspecified atom stereocenters. The van der Waals surface area contributed by atoms with Crippen LogP contribution in [-0.4, -0.2) is 35.1 Å². The van der Waals surface area contributed by atoms with Crippen LogP contribution in [0.25, 0.3) is 0 Å². The number of rotatable bonds is 3. The summed E-state index contributed by atoms with van der Waals surface area (Å²) in [7, 11) is 0. The van der Waals surface area contributed by atoms with Crippen LogP contribution in [0, 0.1) is 5.92 Å². The van der Waals surface area contributed by atoms with Gasteiger partial charge in [0.1, 0.15) is 5.75 Å². The molecule has 0 spiro atoms. The monoisotopic (exact) mass is 249 g/mol. The van der Waals surface area contributed by atoms with Crippen LogP contribution < -0.4 is 10.6 Å². The van der Waals surface area contributed by atoms with Gasteiger partial charge in [-0.25, -0.2) is 0 Å². The fourth-order valence-electron chi connectivity index (χ4n) is 2.26. The van der Waals surface area contributed by atoms with Crippen molar-refractivity contribution in [3.63, 3.8) is 0 Å². The molecule has 0 saturated carbocycles. The Bertz CT molecular complexity index is 422. The zero-order valence-electron chi connectivity index (χ0n) is 10.5. The van der Waals surface area contributed by atoms with Crippen LogP contribution in [0.3, 0.4) is 0 Å². The molecule has 1 amide bonds. The maximum Gasteiger partial charge on any atom is 0.255 e. The van der Waals surface area contributed by atoms with Crippen LogP contribution in [0.15, 0.2) is 18.5 Å². The minimum Gasteiger partial charge on any atom is -0.505 e. The summed E-state index contributed by atoms with van der Waals surface area (Å²) in [6, 6.07) is 1.83. The molecule has 0 radical (unpaired) electrons. The number of carbonyl (C=O) groups is 1. The van der Waals surface area contributed by atoms with E-state index in [9.17, 15) is 9.90 Å². The molecular formula is C13H19N3O2. The zero-order valence-corrected chi connectivity index (χ0v) is 10.5. The molecule has 1 aromatic heterocycles. The summed E-state index contributed by atoms with van der Waals surface area (Å²) in [6.07, 6.45) is 5.15. The molecule has 1 aliphatic heterocycles. The van der Waals surface area contributed by atoms with E-state index in [2.05, 4.69) is 22.5 Å². The van der Waals surface area contributed by atoms with E-state index in [1.165, 1.54) is 31.3 Å². The van der Waals surface area contributed by atoms with E-state index >= 15 is 0 Å². The molecule has 3 N–H and O–H groups in total. The maximum absolute atomic E-state index is 11.9. The summed E-state index contributed by atoms with van der Waals surface area (Å²) in [5.41, 5.74) is 0.272. The predicted molar refractivity (Wildman–Crippen MR) is 68.4 cm³/mol. The molecule has 5 heteroatoms. The summed E-state index contributed by atoms with van der Waals surface area (Å²) in [6.45, 7) is 3.78. The average molecular weight is 249 g/mol. The predicted octanol–water partition coefficient (Wildman–Crippen LogP) is 0.905. The Morgan fingerprint density at radius 2 is 2.50 bits per heavy atom. The highest BCUT2D eigenvalue weighted by molar-refractivity contribution is 5.96. The molecule has 98 valence electrons. The Balaban J connectivity index is 1.90. The van der Waals surface area contributed by atoms with Gasteiger partial charge in [0.25, 0.3) is 5.91 Å². The quantitative estimate of drug-likeness (QED) is 0.744. The van der Waals surface area contributed by atoms with Crippen molar-refractivity contribution in [2.75, 3.05) is 13.1 Å². The molecule has 0 aliphatic carbocycles. The molecule has 1 aliphatic rings. The lowest BCUT2D eigenvalue weighted by Gasteiger charge is -2.30. The molecule has 1 aromatic rings. The Morgan fingerprint density at radius 3 is 3.22 bits per heavy atom. The van der Waals surface area contributed by atoms with Gasteiger partial charge >= 0.3 is 0 Å². The third-order valence-electron chi connectivity index (χ3n) is 3.46. The average Bonchev–Trinajstić information content (AvgIpc) is 2.38. The third kappa shape index (κ3) is 2.98. The SMILES string of the molecule is CC1CCCNC1CNC(=O)c1ccncc1O. The van der Waals surface area contributed by atoms with E-state index in [4.69, 9.17) is 0 Å². The van der Waals surface area contributed by atoms with Gasteiger partial charge in [-0.2, -0.15) is 0 Å². The summed E-state index contributed by atoms with van der Waals surface area (Å²) in [4.78, 5) is 15.6. The molecule has 0 bridgehead atoms. The van der Waals surface area contributed by atoms with E-state index < -0.39 is 0 Å². The number of hydrogen-bond acceptors (Lipinski definition) is 4. The molecular weight excluding hydrogens is 230 g/mol. The second-order valence-corrected chi connectivity index (χ2v) is 4.78. The van der Waals surface area contributed by atoms with Gasteiger partial charge < -0.3 is 15.7 Å². The summed E-state index contributed by atoms with van der Waals surface area (Å²) in [5.74, 6) is 0.221. The van der Waals surface area contributed by atoms with Crippen molar-refractivity contribution in [2.24, 2.45) is 5.92 Å². The van der Waals surface area contributed by atoms with E-state index in [0.29, 0.717) is 18.5 Å². The number of hydrogen-bond donors (Lipinski definition) is 3. The number of aromatic hydroxyl groups is 1. The van der Waals surface area contributed by atoms with Crippen molar-refractivity contribution in [3.8, 4) is 5.75 Å². The van der Waals surface area contributed by atoms with Crippen molar-refractivity contribution in [1.29, 1.82) is 0 Å². The van der Waals surface area contributed by atoms with Gasteiger partial charge in [0.05, 0.1) is 11.8 Å². The lowest BCUT2D eigenvalue weighted by molar-refractivity contribution is 0.0941. The first kappa shape index (κ1) is 12.8. The lowest BCUT2D eigenvalue weighted by Crippen LogP contribution is -2.47. The van der Waals surface area contributed by atoms with Crippen molar-refractivity contribution < 1.29 is 9.90 Å². The van der Waals surface area contributed by atoms with Gasteiger partial charge in [0.15, 0.2) is 0 Å². The number of piperidine rings is 1. The van der Waals surface area contributed by atoms with Gasteiger partial charge in [0.2, 0.25) is 0 Å². The normalized spacial score (nSPS) is 23.6. The Labute approximate surface area is 107 Å². The van der Waals surface area contributed by atoms with Crippen molar-refractivity contribution in [2.45, 2.75) is 25.8 Å². The van der Waals surface area contributed by atoms with Crippen LogP contribution in [0.4, 0.5) is 0 Å². The Kier molecular flexibility index (Phi) is 4.15. The molecule has 2 heterocycles. The second kappa shape index (κ2) is 5.82. The zero-order chi connectivity index (χ0) is 13.0. The van der Waals surface area contributed by atoms with Crippen molar-refractivity contribution >= 4 is 5.91 Å². The standard InChI is InChI=1S/C13H19N3O2/c1-9-3-2-5-15-11(9)7-16-13(18)10-4-6-14-8-12(10)17/h4,6,8-9,11,15,17H,2-3,5,7H2,1H3,(H,16,18). The number of nitrogens with one attached hydrogen (secondary N) is 2. The number of amides is 1. The highest BCUT2D eigenvalue weighted by atomic mass is 16.3. The van der Waals surface area contributed by atoms with Crippen LogP contribution >= 0.6 is 0 Å². The topological polar surface area (TPSA) is 74.2 Å².